The Bertz CT molecular complexity index is 549. The second kappa shape index (κ2) is 5.90. The molecule has 0 radical (unpaired) electrons. The van der Waals surface area contributed by atoms with Crippen molar-refractivity contribution in [1.29, 1.82) is 0 Å². The van der Waals surface area contributed by atoms with Crippen LogP contribution in [0.15, 0.2) is 35.8 Å². The van der Waals surface area contributed by atoms with Crippen molar-refractivity contribution in [2.45, 2.75) is 19.9 Å². The molecule has 1 N–H and O–H groups in total. The van der Waals surface area contributed by atoms with Crippen LogP contribution < -0.4 is 10.9 Å². The van der Waals surface area contributed by atoms with Crippen molar-refractivity contribution < 1.29 is 0 Å². The SMILES string of the molecule is CCCNc1cnc(Cn2cnccc2=O)cn1. The molecule has 0 saturated carbocycles. The lowest BCUT2D eigenvalue weighted by Crippen LogP contribution is -2.20. The Morgan fingerprint density at radius 2 is 2.22 bits per heavy atom. The van der Waals surface area contributed by atoms with E-state index in [4.69, 9.17) is 0 Å². The molecule has 0 aliphatic rings. The van der Waals surface area contributed by atoms with E-state index in [1.165, 1.54) is 23.2 Å². The molecule has 2 aromatic rings. The van der Waals surface area contributed by atoms with Gasteiger partial charge in [0.05, 0.1) is 31.0 Å². The topological polar surface area (TPSA) is 72.7 Å². The van der Waals surface area contributed by atoms with Crippen LogP contribution in [0.1, 0.15) is 19.0 Å². The van der Waals surface area contributed by atoms with Crippen LogP contribution in [0, 0.1) is 0 Å². The average molecular weight is 245 g/mol. The van der Waals surface area contributed by atoms with Gasteiger partial charge in [-0.1, -0.05) is 6.92 Å². The van der Waals surface area contributed by atoms with Gasteiger partial charge in [-0.25, -0.2) is 9.97 Å². The fourth-order valence-electron chi connectivity index (χ4n) is 1.45. The zero-order valence-electron chi connectivity index (χ0n) is 10.2. The maximum Gasteiger partial charge on any atom is 0.253 e. The number of nitrogens with zero attached hydrogens (tertiary/aromatic N) is 4. The van der Waals surface area contributed by atoms with Gasteiger partial charge in [-0.15, -0.1) is 0 Å². The van der Waals surface area contributed by atoms with Crippen LogP contribution in [0.25, 0.3) is 0 Å². The molecule has 0 atom stereocenters. The van der Waals surface area contributed by atoms with Gasteiger partial charge in [0.15, 0.2) is 0 Å². The second-order valence-electron chi connectivity index (χ2n) is 3.87. The first kappa shape index (κ1) is 12.2. The Labute approximate surface area is 105 Å². The molecule has 0 aliphatic heterocycles. The van der Waals surface area contributed by atoms with Crippen LogP contribution in [-0.4, -0.2) is 26.1 Å². The van der Waals surface area contributed by atoms with Gasteiger partial charge in [0.1, 0.15) is 5.82 Å². The number of nitrogens with one attached hydrogen (secondary N) is 1. The summed E-state index contributed by atoms with van der Waals surface area (Å²) in [5.74, 6) is 0.749. The quantitative estimate of drug-likeness (QED) is 0.847. The molecule has 6 nitrogen and oxygen atoms in total. The molecule has 0 unspecified atom stereocenters. The minimum atomic E-state index is -0.0972. The first-order valence-corrected chi connectivity index (χ1v) is 5.85. The monoisotopic (exact) mass is 245 g/mol. The van der Waals surface area contributed by atoms with E-state index in [1.54, 1.807) is 12.4 Å². The lowest BCUT2D eigenvalue weighted by Gasteiger charge is -2.05. The van der Waals surface area contributed by atoms with Gasteiger partial charge in [0, 0.05) is 18.8 Å². The third-order valence-corrected chi connectivity index (χ3v) is 2.39. The predicted octanol–water partition coefficient (Wildman–Crippen LogP) is 0.903. The molecule has 2 rings (SSSR count). The summed E-state index contributed by atoms with van der Waals surface area (Å²) in [7, 11) is 0. The Kier molecular flexibility index (Phi) is 4.01. The molecule has 18 heavy (non-hydrogen) atoms. The maximum absolute atomic E-state index is 11.5. The summed E-state index contributed by atoms with van der Waals surface area (Å²) in [6.45, 7) is 3.34. The first-order chi connectivity index (χ1) is 8.79. The minimum absolute atomic E-state index is 0.0972. The van der Waals surface area contributed by atoms with Crippen molar-refractivity contribution in [3.8, 4) is 0 Å². The van der Waals surface area contributed by atoms with Crippen LogP contribution in [-0.2, 0) is 6.54 Å². The highest BCUT2D eigenvalue weighted by Gasteiger charge is 2.00. The van der Waals surface area contributed by atoms with Gasteiger partial charge in [0.25, 0.3) is 5.56 Å². The molecular weight excluding hydrogens is 230 g/mol. The second-order valence-corrected chi connectivity index (χ2v) is 3.87. The highest BCUT2D eigenvalue weighted by atomic mass is 16.1. The van der Waals surface area contributed by atoms with Crippen LogP contribution in [0.2, 0.25) is 0 Å². The van der Waals surface area contributed by atoms with Gasteiger partial charge >= 0.3 is 0 Å². The molecule has 0 fully saturated rings. The predicted molar refractivity (Wildman–Crippen MR) is 68.4 cm³/mol. The Hall–Kier alpha value is -2.24. The summed E-state index contributed by atoms with van der Waals surface area (Å²) in [5, 5.41) is 3.14. The van der Waals surface area contributed by atoms with Crippen LogP contribution in [0.4, 0.5) is 5.82 Å². The summed E-state index contributed by atoms with van der Waals surface area (Å²) in [5.41, 5.74) is 0.632. The molecule has 94 valence electrons. The van der Waals surface area contributed by atoms with Crippen molar-refractivity contribution >= 4 is 5.82 Å². The molecule has 0 aliphatic carbocycles. The third kappa shape index (κ3) is 3.13. The summed E-state index contributed by atoms with van der Waals surface area (Å²) in [4.78, 5) is 23.9. The van der Waals surface area contributed by atoms with Gasteiger partial charge in [-0.05, 0) is 6.42 Å². The highest BCUT2D eigenvalue weighted by Crippen LogP contribution is 2.01. The van der Waals surface area contributed by atoms with Gasteiger partial charge < -0.3 is 5.32 Å². The van der Waals surface area contributed by atoms with Crippen molar-refractivity contribution in [1.82, 2.24) is 19.5 Å². The number of aromatic nitrogens is 4. The maximum atomic E-state index is 11.5. The third-order valence-electron chi connectivity index (χ3n) is 2.39. The first-order valence-electron chi connectivity index (χ1n) is 5.85. The van der Waals surface area contributed by atoms with E-state index in [9.17, 15) is 4.79 Å². The zero-order chi connectivity index (χ0) is 12.8. The minimum Gasteiger partial charge on any atom is -0.369 e. The normalized spacial score (nSPS) is 10.3. The summed E-state index contributed by atoms with van der Waals surface area (Å²) in [6, 6.07) is 1.42. The molecule has 6 heteroatoms. The molecule has 0 bridgehead atoms. The van der Waals surface area contributed by atoms with E-state index in [1.807, 2.05) is 0 Å². The molecule has 0 saturated heterocycles. The zero-order valence-corrected chi connectivity index (χ0v) is 10.2. The van der Waals surface area contributed by atoms with Crippen LogP contribution in [0.3, 0.4) is 0 Å². The van der Waals surface area contributed by atoms with Gasteiger partial charge in [-0.2, -0.15) is 0 Å². The van der Waals surface area contributed by atoms with E-state index in [0.29, 0.717) is 6.54 Å². The molecule has 0 spiro atoms. The average Bonchev–Trinajstić information content (AvgIpc) is 2.41. The summed E-state index contributed by atoms with van der Waals surface area (Å²) in [6.07, 6.45) is 7.34. The summed E-state index contributed by atoms with van der Waals surface area (Å²) < 4.78 is 1.49. The number of anilines is 1. The van der Waals surface area contributed by atoms with Crippen molar-refractivity contribution in [3.63, 3.8) is 0 Å². The Balaban J connectivity index is 2.07. The van der Waals surface area contributed by atoms with E-state index in [0.717, 1.165) is 24.5 Å². The fraction of sp³-hybridized carbons (Fsp3) is 0.333. The molecular formula is C12H15N5O. The molecule has 2 aromatic heterocycles. The van der Waals surface area contributed by atoms with Gasteiger partial charge in [0.2, 0.25) is 0 Å². The van der Waals surface area contributed by atoms with E-state index < -0.39 is 0 Å². The van der Waals surface area contributed by atoms with Crippen molar-refractivity contribution in [2.75, 3.05) is 11.9 Å². The van der Waals surface area contributed by atoms with Crippen molar-refractivity contribution in [2.24, 2.45) is 0 Å². The van der Waals surface area contributed by atoms with E-state index >= 15 is 0 Å². The number of hydrogen-bond donors (Lipinski definition) is 1. The standard InChI is InChI=1S/C12H15N5O/c1-2-4-14-11-7-15-10(6-16-11)8-17-9-13-5-3-12(17)18/h3,5-7,9H,2,4,8H2,1H3,(H,14,16). The van der Waals surface area contributed by atoms with Crippen LogP contribution >= 0.6 is 0 Å². The number of hydrogen-bond acceptors (Lipinski definition) is 5. The van der Waals surface area contributed by atoms with Crippen molar-refractivity contribution in [3.05, 3.63) is 47.0 Å². The summed E-state index contributed by atoms with van der Waals surface area (Å²) >= 11 is 0. The fourth-order valence-corrected chi connectivity index (χ4v) is 1.45. The molecule has 0 aromatic carbocycles. The van der Waals surface area contributed by atoms with E-state index in [2.05, 4.69) is 27.2 Å². The lowest BCUT2D eigenvalue weighted by atomic mass is 10.4. The van der Waals surface area contributed by atoms with Crippen LogP contribution in [0.5, 0.6) is 0 Å². The van der Waals surface area contributed by atoms with E-state index in [-0.39, 0.29) is 5.56 Å². The number of rotatable bonds is 5. The smallest absolute Gasteiger partial charge is 0.253 e. The van der Waals surface area contributed by atoms with Gasteiger partial charge in [-0.3, -0.25) is 14.3 Å². The Morgan fingerprint density at radius 1 is 1.33 bits per heavy atom. The largest absolute Gasteiger partial charge is 0.369 e. The highest BCUT2D eigenvalue weighted by molar-refractivity contribution is 5.30. The lowest BCUT2D eigenvalue weighted by molar-refractivity contribution is 0.715. The Morgan fingerprint density at radius 3 is 2.89 bits per heavy atom. The molecule has 2 heterocycles. The molecule has 0 amide bonds.